The standard InChI is InChI=1S/C27H37ClFN5O4S/c1-27(2,20-28)26(35)31-21-7-8-24(34-13-11-33(12-14-34)23-6-4-3-5-22(23)29)25(19-21)39(36,37)30-9-10-32-15-17-38-18-16-32/h3-8,19,30H,9-18,20H2,1-2H3,(H,31,35). The topological polar surface area (TPSA) is 94.2 Å². The lowest BCUT2D eigenvalue weighted by molar-refractivity contribution is -0.122. The number of alkyl halides is 1. The first kappa shape index (κ1) is 29.5. The Bertz CT molecular complexity index is 1250. The van der Waals surface area contributed by atoms with Crippen LogP contribution in [0.25, 0.3) is 0 Å². The molecule has 2 saturated heterocycles. The van der Waals surface area contributed by atoms with Gasteiger partial charge in [-0.1, -0.05) is 12.1 Å². The second-order valence-corrected chi connectivity index (χ2v) is 12.4. The van der Waals surface area contributed by atoms with Crippen molar-refractivity contribution in [1.82, 2.24) is 9.62 Å². The van der Waals surface area contributed by atoms with E-state index < -0.39 is 15.4 Å². The SMILES string of the molecule is CC(C)(CCl)C(=O)Nc1ccc(N2CCN(c3ccccc3F)CC2)c(S(=O)(=O)NCCN2CCOCC2)c1. The number of rotatable bonds is 10. The normalized spacial score (nSPS) is 17.3. The Morgan fingerprint density at radius 3 is 2.28 bits per heavy atom. The van der Waals surface area contributed by atoms with E-state index >= 15 is 0 Å². The van der Waals surface area contributed by atoms with Crippen molar-refractivity contribution in [1.29, 1.82) is 0 Å². The van der Waals surface area contributed by atoms with Crippen LogP contribution in [0.5, 0.6) is 0 Å². The van der Waals surface area contributed by atoms with Crippen molar-refractivity contribution in [2.45, 2.75) is 18.7 Å². The molecular weight excluding hydrogens is 545 g/mol. The minimum Gasteiger partial charge on any atom is -0.379 e. The first-order valence-electron chi connectivity index (χ1n) is 13.2. The smallest absolute Gasteiger partial charge is 0.242 e. The number of hydrogen-bond donors (Lipinski definition) is 2. The Hall–Kier alpha value is -2.44. The van der Waals surface area contributed by atoms with Gasteiger partial charge in [-0.3, -0.25) is 9.69 Å². The molecule has 0 bridgehead atoms. The monoisotopic (exact) mass is 581 g/mol. The maximum Gasteiger partial charge on any atom is 0.242 e. The molecule has 9 nitrogen and oxygen atoms in total. The number of benzene rings is 2. The van der Waals surface area contributed by atoms with Crippen LogP contribution >= 0.6 is 11.6 Å². The summed E-state index contributed by atoms with van der Waals surface area (Å²) >= 11 is 5.96. The zero-order valence-electron chi connectivity index (χ0n) is 22.5. The zero-order chi connectivity index (χ0) is 28.0. The molecule has 2 aliphatic rings. The summed E-state index contributed by atoms with van der Waals surface area (Å²) in [6.07, 6.45) is 0. The van der Waals surface area contributed by atoms with E-state index in [-0.39, 0.29) is 29.0 Å². The number of nitrogens with zero attached hydrogens (tertiary/aromatic N) is 3. The van der Waals surface area contributed by atoms with Gasteiger partial charge >= 0.3 is 0 Å². The van der Waals surface area contributed by atoms with Crippen molar-refractivity contribution in [2.75, 3.05) is 86.6 Å². The van der Waals surface area contributed by atoms with Crippen LogP contribution in [0.15, 0.2) is 47.4 Å². The molecule has 1 amide bonds. The molecule has 0 aromatic heterocycles. The molecule has 2 aromatic carbocycles. The van der Waals surface area contributed by atoms with Crippen molar-refractivity contribution in [3.05, 3.63) is 48.3 Å². The van der Waals surface area contributed by atoms with Gasteiger partial charge in [0, 0.05) is 63.9 Å². The maximum absolute atomic E-state index is 14.3. The van der Waals surface area contributed by atoms with E-state index in [0.29, 0.717) is 63.0 Å². The summed E-state index contributed by atoms with van der Waals surface area (Å²) in [5, 5.41) is 2.81. The highest BCUT2D eigenvalue weighted by molar-refractivity contribution is 7.89. The van der Waals surface area contributed by atoms with E-state index in [1.165, 1.54) is 12.1 Å². The van der Waals surface area contributed by atoms with Gasteiger partial charge in [0.25, 0.3) is 0 Å². The molecule has 0 aliphatic carbocycles. The number of carbonyl (C=O) groups is 1. The molecule has 0 spiro atoms. The summed E-state index contributed by atoms with van der Waals surface area (Å²) in [5.74, 6) is -0.455. The van der Waals surface area contributed by atoms with Gasteiger partial charge in [0.05, 0.1) is 30.0 Å². The molecule has 2 aliphatic heterocycles. The van der Waals surface area contributed by atoms with Gasteiger partial charge in [0.2, 0.25) is 15.9 Å². The summed E-state index contributed by atoms with van der Waals surface area (Å²) in [4.78, 5) is 18.9. The van der Waals surface area contributed by atoms with E-state index in [0.717, 1.165) is 13.1 Å². The van der Waals surface area contributed by atoms with Crippen molar-refractivity contribution in [3.8, 4) is 0 Å². The van der Waals surface area contributed by atoms with Crippen LogP contribution < -0.4 is 19.8 Å². The molecule has 12 heteroatoms. The van der Waals surface area contributed by atoms with Gasteiger partial charge in [-0.05, 0) is 44.2 Å². The van der Waals surface area contributed by atoms with Crippen LogP contribution in [0.2, 0.25) is 0 Å². The highest BCUT2D eigenvalue weighted by Gasteiger charge is 2.29. The highest BCUT2D eigenvalue weighted by atomic mass is 35.5. The first-order chi connectivity index (χ1) is 18.6. The number of nitrogens with one attached hydrogen (secondary N) is 2. The Balaban J connectivity index is 1.54. The van der Waals surface area contributed by atoms with Gasteiger partial charge in [-0.15, -0.1) is 11.6 Å². The van der Waals surface area contributed by atoms with Crippen molar-refractivity contribution >= 4 is 44.6 Å². The summed E-state index contributed by atoms with van der Waals surface area (Å²) < 4.78 is 49.6. The van der Waals surface area contributed by atoms with E-state index in [4.69, 9.17) is 16.3 Å². The van der Waals surface area contributed by atoms with E-state index in [9.17, 15) is 17.6 Å². The average molecular weight is 582 g/mol. The first-order valence-corrected chi connectivity index (χ1v) is 15.2. The number of carbonyl (C=O) groups excluding carboxylic acids is 1. The second kappa shape index (κ2) is 12.8. The van der Waals surface area contributed by atoms with Crippen molar-refractivity contribution < 1.29 is 22.3 Å². The number of ether oxygens (including phenoxy) is 1. The largest absolute Gasteiger partial charge is 0.379 e. The minimum atomic E-state index is -3.91. The summed E-state index contributed by atoms with van der Waals surface area (Å²) in [6, 6.07) is 11.6. The summed E-state index contributed by atoms with van der Waals surface area (Å²) in [6.45, 7) is 9.15. The zero-order valence-corrected chi connectivity index (χ0v) is 24.0. The van der Waals surface area contributed by atoms with Crippen LogP contribution in [-0.4, -0.2) is 90.7 Å². The Kier molecular flexibility index (Phi) is 9.71. The van der Waals surface area contributed by atoms with Crippen LogP contribution in [0.1, 0.15) is 13.8 Å². The Morgan fingerprint density at radius 2 is 1.64 bits per heavy atom. The molecule has 214 valence electrons. The number of hydrogen-bond acceptors (Lipinski definition) is 7. The van der Waals surface area contributed by atoms with Crippen molar-refractivity contribution in [3.63, 3.8) is 0 Å². The lowest BCUT2D eigenvalue weighted by atomic mass is 9.95. The predicted molar refractivity (Wildman–Crippen MR) is 153 cm³/mol. The fourth-order valence-electron chi connectivity index (χ4n) is 4.57. The van der Waals surface area contributed by atoms with Gasteiger partial charge in [-0.2, -0.15) is 0 Å². The van der Waals surface area contributed by atoms with Crippen LogP contribution in [-0.2, 0) is 19.6 Å². The predicted octanol–water partition coefficient (Wildman–Crippen LogP) is 2.97. The molecule has 2 N–H and O–H groups in total. The quantitative estimate of drug-likeness (QED) is 0.417. The van der Waals surface area contributed by atoms with E-state index in [2.05, 4.69) is 14.9 Å². The van der Waals surface area contributed by atoms with E-state index in [1.54, 1.807) is 44.2 Å². The molecule has 2 fully saturated rings. The van der Waals surface area contributed by atoms with Gasteiger partial charge in [0.1, 0.15) is 10.7 Å². The lowest BCUT2D eigenvalue weighted by Crippen LogP contribution is -2.47. The molecule has 39 heavy (non-hydrogen) atoms. The number of sulfonamides is 1. The molecular formula is C27H37ClFN5O4S. The van der Waals surface area contributed by atoms with Gasteiger partial charge < -0.3 is 19.9 Å². The number of morpholine rings is 1. The van der Waals surface area contributed by atoms with Gasteiger partial charge in [-0.25, -0.2) is 17.5 Å². The van der Waals surface area contributed by atoms with Crippen LogP contribution in [0, 0.1) is 11.2 Å². The maximum atomic E-state index is 14.3. The summed E-state index contributed by atoms with van der Waals surface area (Å²) in [7, 11) is -3.91. The molecule has 2 heterocycles. The Morgan fingerprint density at radius 1 is 1.00 bits per heavy atom. The molecule has 0 unspecified atom stereocenters. The molecule has 2 aromatic rings. The van der Waals surface area contributed by atoms with E-state index in [1.807, 2.05) is 9.80 Å². The highest BCUT2D eigenvalue weighted by Crippen LogP contribution is 2.31. The second-order valence-electron chi connectivity index (χ2n) is 10.4. The minimum absolute atomic E-state index is 0.0882. The number of piperazine rings is 1. The average Bonchev–Trinajstić information content (AvgIpc) is 2.94. The third-order valence-electron chi connectivity index (χ3n) is 7.09. The molecule has 0 saturated carbocycles. The molecule has 4 rings (SSSR count). The molecule has 0 radical (unpaired) electrons. The van der Waals surface area contributed by atoms with Crippen LogP contribution in [0.3, 0.4) is 0 Å². The van der Waals surface area contributed by atoms with Crippen LogP contribution in [0.4, 0.5) is 21.5 Å². The number of halogens is 2. The third-order valence-corrected chi connectivity index (χ3v) is 9.25. The number of para-hydroxylation sites is 1. The van der Waals surface area contributed by atoms with Gasteiger partial charge in [0.15, 0.2) is 0 Å². The Labute approximate surface area is 235 Å². The fraction of sp³-hybridized carbons (Fsp3) is 0.519. The third kappa shape index (κ3) is 7.40. The lowest BCUT2D eigenvalue weighted by Gasteiger charge is -2.38. The molecule has 0 atom stereocenters. The summed E-state index contributed by atoms with van der Waals surface area (Å²) in [5.41, 5.74) is 0.630. The number of amides is 1. The van der Waals surface area contributed by atoms with Crippen molar-refractivity contribution in [2.24, 2.45) is 5.41 Å². The number of anilines is 3. The fourth-order valence-corrected chi connectivity index (χ4v) is 5.96.